The Hall–Kier alpha value is -2.25. The lowest BCUT2D eigenvalue weighted by molar-refractivity contribution is -0.139. The van der Waals surface area contributed by atoms with Crippen LogP contribution < -0.4 is 4.72 Å². The van der Waals surface area contributed by atoms with E-state index in [9.17, 15) is 17.6 Å². The van der Waals surface area contributed by atoms with Crippen LogP contribution in [0, 0.1) is 11.7 Å². The van der Waals surface area contributed by atoms with Gasteiger partial charge < -0.3 is 4.90 Å². The zero-order valence-corrected chi connectivity index (χ0v) is 17.9. The lowest BCUT2D eigenvalue weighted by atomic mass is 9.84. The fourth-order valence-electron chi connectivity index (χ4n) is 4.47. The lowest BCUT2D eigenvalue weighted by Crippen LogP contribution is -2.49. The molecule has 0 radical (unpaired) electrons. The minimum absolute atomic E-state index is 0.0723. The van der Waals surface area contributed by atoms with Crippen LogP contribution in [0.3, 0.4) is 0 Å². The topological polar surface area (TPSA) is 66.5 Å². The quantitative estimate of drug-likeness (QED) is 0.764. The van der Waals surface area contributed by atoms with E-state index in [1.54, 1.807) is 6.07 Å². The zero-order chi connectivity index (χ0) is 21.3. The predicted molar refractivity (Wildman–Crippen MR) is 115 cm³/mol. The fourth-order valence-corrected chi connectivity index (χ4v) is 5.29. The molecule has 2 fully saturated rings. The highest BCUT2D eigenvalue weighted by molar-refractivity contribution is 7.88. The summed E-state index contributed by atoms with van der Waals surface area (Å²) in [4.78, 5) is 14.8. The second-order valence-corrected chi connectivity index (χ2v) is 10.2. The minimum atomic E-state index is -3.38. The third-order valence-electron chi connectivity index (χ3n) is 6.18. The number of hydrogen-bond donors (Lipinski definition) is 1. The Morgan fingerprint density at radius 2 is 1.80 bits per heavy atom. The first-order valence-electron chi connectivity index (χ1n) is 10.4. The molecule has 2 aromatic rings. The Balaban J connectivity index is 1.59. The summed E-state index contributed by atoms with van der Waals surface area (Å²) in [5.41, 5.74) is 2.68. The van der Waals surface area contributed by atoms with Crippen LogP contribution in [0.5, 0.6) is 0 Å². The van der Waals surface area contributed by atoms with E-state index in [1.807, 2.05) is 35.2 Å². The molecule has 2 aromatic carbocycles. The Morgan fingerprint density at radius 1 is 1.10 bits per heavy atom. The molecule has 4 rings (SSSR count). The Labute approximate surface area is 177 Å². The molecule has 7 heteroatoms. The average molecular weight is 431 g/mol. The second-order valence-electron chi connectivity index (χ2n) is 8.43. The Bertz CT molecular complexity index is 1040. The van der Waals surface area contributed by atoms with Crippen LogP contribution in [0.4, 0.5) is 4.39 Å². The van der Waals surface area contributed by atoms with Crippen molar-refractivity contribution in [2.24, 2.45) is 5.92 Å². The van der Waals surface area contributed by atoms with E-state index < -0.39 is 10.0 Å². The van der Waals surface area contributed by atoms with Crippen molar-refractivity contribution in [3.05, 3.63) is 59.9 Å². The van der Waals surface area contributed by atoms with E-state index in [2.05, 4.69) is 4.72 Å². The summed E-state index contributed by atoms with van der Waals surface area (Å²) in [6, 6.07) is 13.7. The SMILES string of the molecule is CS(=O)(=O)N[C@H]1CCN(C(=O)C2CCC2)[C@H]1Cc1cccc(-c2cccc(F)c2)c1. The molecule has 0 unspecified atom stereocenters. The number of rotatable bonds is 6. The molecule has 1 heterocycles. The van der Waals surface area contributed by atoms with E-state index in [0.717, 1.165) is 42.2 Å². The lowest BCUT2D eigenvalue weighted by Gasteiger charge is -2.34. The molecule has 0 spiro atoms. The largest absolute Gasteiger partial charge is 0.337 e. The number of carbonyl (C=O) groups is 1. The molecule has 1 amide bonds. The van der Waals surface area contributed by atoms with Gasteiger partial charge in [-0.05, 0) is 54.5 Å². The summed E-state index contributed by atoms with van der Waals surface area (Å²) in [7, 11) is -3.38. The van der Waals surface area contributed by atoms with Crippen LogP contribution in [-0.4, -0.2) is 44.1 Å². The highest BCUT2D eigenvalue weighted by atomic mass is 32.2. The van der Waals surface area contributed by atoms with Crippen molar-refractivity contribution >= 4 is 15.9 Å². The molecule has 2 atom stereocenters. The van der Waals surface area contributed by atoms with Gasteiger partial charge in [0.15, 0.2) is 0 Å². The highest BCUT2D eigenvalue weighted by Crippen LogP contribution is 2.33. The highest BCUT2D eigenvalue weighted by Gasteiger charge is 2.41. The first kappa shape index (κ1) is 21.0. The molecule has 1 saturated carbocycles. The summed E-state index contributed by atoms with van der Waals surface area (Å²) < 4.78 is 40.1. The van der Waals surface area contributed by atoms with Gasteiger partial charge in [0.25, 0.3) is 0 Å². The summed E-state index contributed by atoms with van der Waals surface area (Å²) in [6.45, 7) is 0.566. The van der Waals surface area contributed by atoms with E-state index in [4.69, 9.17) is 0 Å². The Morgan fingerprint density at radius 3 is 2.43 bits per heavy atom. The van der Waals surface area contributed by atoms with Crippen LogP contribution in [0.15, 0.2) is 48.5 Å². The van der Waals surface area contributed by atoms with Crippen LogP contribution in [-0.2, 0) is 21.2 Å². The van der Waals surface area contributed by atoms with Crippen molar-refractivity contribution < 1.29 is 17.6 Å². The second kappa shape index (κ2) is 8.47. The van der Waals surface area contributed by atoms with E-state index >= 15 is 0 Å². The number of sulfonamides is 1. The number of benzene rings is 2. The van der Waals surface area contributed by atoms with Crippen molar-refractivity contribution in [3.8, 4) is 11.1 Å². The van der Waals surface area contributed by atoms with Gasteiger partial charge in [0.05, 0.1) is 12.3 Å². The number of amides is 1. The maximum atomic E-state index is 13.6. The first-order valence-corrected chi connectivity index (χ1v) is 12.3. The molecule has 1 aliphatic carbocycles. The summed E-state index contributed by atoms with van der Waals surface area (Å²) >= 11 is 0. The van der Waals surface area contributed by atoms with Crippen LogP contribution in [0.1, 0.15) is 31.2 Å². The van der Waals surface area contributed by atoms with Gasteiger partial charge >= 0.3 is 0 Å². The van der Waals surface area contributed by atoms with Crippen LogP contribution in [0.2, 0.25) is 0 Å². The van der Waals surface area contributed by atoms with E-state index in [-0.39, 0.29) is 29.7 Å². The van der Waals surface area contributed by atoms with Crippen LogP contribution in [0.25, 0.3) is 11.1 Å². The van der Waals surface area contributed by atoms with Crippen molar-refractivity contribution in [1.82, 2.24) is 9.62 Å². The molecule has 0 aromatic heterocycles. The Kier molecular flexibility index (Phi) is 5.93. The minimum Gasteiger partial charge on any atom is -0.337 e. The molecule has 0 bridgehead atoms. The maximum absolute atomic E-state index is 13.6. The van der Waals surface area contributed by atoms with E-state index in [1.165, 1.54) is 12.1 Å². The summed E-state index contributed by atoms with van der Waals surface area (Å²) in [5, 5.41) is 0. The van der Waals surface area contributed by atoms with Gasteiger partial charge in [0, 0.05) is 18.5 Å². The van der Waals surface area contributed by atoms with Crippen molar-refractivity contribution in [2.45, 2.75) is 44.2 Å². The summed E-state index contributed by atoms with van der Waals surface area (Å²) in [5.74, 6) is -0.0724. The third-order valence-corrected chi connectivity index (χ3v) is 6.91. The molecule has 1 N–H and O–H groups in total. The zero-order valence-electron chi connectivity index (χ0n) is 17.1. The van der Waals surface area contributed by atoms with Gasteiger partial charge in [0.2, 0.25) is 15.9 Å². The molecule has 1 saturated heterocycles. The van der Waals surface area contributed by atoms with Gasteiger partial charge in [-0.15, -0.1) is 0 Å². The van der Waals surface area contributed by atoms with E-state index in [0.29, 0.717) is 19.4 Å². The van der Waals surface area contributed by atoms with Gasteiger partial charge in [-0.1, -0.05) is 42.8 Å². The average Bonchev–Trinajstić information content (AvgIpc) is 3.01. The van der Waals surface area contributed by atoms with Gasteiger partial charge in [-0.3, -0.25) is 4.79 Å². The van der Waals surface area contributed by atoms with Crippen molar-refractivity contribution in [3.63, 3.8) is 0 Å². The smallest absolute Gasteiger partial charge is 0.225 e. The molecule has 30 heavy (non-hydrogen) atoms. The number of halogens is 1. The standard InChI is InChI=1S/C23H27FN2O3S/c1-30(28,29)25-21-11-12-26(23(27)17-6-3-7-17)22(21)14-16-5-2-8-18(13-16)19-9-4-10-20(24)15-19/h2,4-5,8-10,13,15,17,21-22,25H,3,6-7,11-12,14H2,1H3/t21-,22-/m0/s1. The van der Waals surface area contributed by atoms with Crippen molar-refractivity contribution in [1.29, 1.82) is 0 Å². The molecule has 5 nitrogen and oxygen atoms in total. The first-order chi connectivity index (χ1) is 14.3. The molecular weight excluding hydrogens is 403 g/mol. The number of nitrogens with one attached hydrogen (secondary N) is 1. The third kappa shape index (κ3) is 4.73. The maximum Gasteiger partial charge on any atom is 0.225 e. The van der Waals surface area contributed by atoms with Crippen LogP contribution >= 0.6 is 0 Å². The monoisotopic (exact) mass is 430 g/mol. The number of likely N-dealkylation sites (tertiary alicyclic amines) is 1. The molecule has 160 valence electrons. The van der Waals surface area contributed by atoms with Crippen molar-refractivity contribution in [2.75, 3.05) is 12.8 Å². The van der Waals surface area contributed by atoms with Gasteiger partial charge in [0.1, 0.15) is 5.82 Å². The number of hydrogen-bond acceptors (Lipinski definition) is 3. The molecule has 1 aliphatic heterocycles. The summed E-state index contributed by atoms with van der Waals surface area (Å²) in [6.07, 6.45) is 5.23. The fraction of sp³-hybridized carbons (Fsp3) is 0.435. The molecular formula is C23H27FN2O3S. The number of nitrogens with zero attached hydrogens (tertiary/aromatic N) is 1. The van der Waals surface area contributed by atoms with Gasteiger partial charge in [-0.25, -0.2) is 17.5 Å². The molecule has 2 aliphatic rings. The normalized spacial score (nSPS) is 22.1. The predicted octanol–water partition coefficient (Wildman–Crippen LogP) is 3.35. The number of carbonyl (C=O) groups excluding carboxylic acids is 1. The van der Waals surface area contributed by atoms with Gasteiger partial charge in [-0.2, -0.15) is 0 Å².